The fourth-order valence-electron chi connectivity index (χ4n) is 2.07. The van der Waals surface area contributed by atoms with E-state index in [1.807, 2.05) is 0 Å². The first-order valence-electron chi connectivity index (χ1n) is 6.12. The quantitative estimate of drug-likeness (QED) is 0.730. The van der Waals surface area contributed by atoms with Gasteiger partial charge in [-0.15, -0.1) is 0 Å². The molecule has 1 fully saturated rings. The van der Waals surface area contributed by atoms with Crippen LogP contribution >= 0.6 is 15.9 Å². The number of halogens is 1. The summed E-state index contributed by atoms with van der Waals surface area (Å²) in [7, 11) is 0. The summed E-state index contributed by atoms with van der Waals surface area (Å²) in [5.74, 6) is -0.211. The van der Waals surface area contributed by atoms with Crippen LogP contribution in [-0.4, -0.2) is 36.4 Å². The Kier molecular flexibility index (Phi) is 4.44. The average Bonchev–Trinajstić information content (AvgIpc) is 2.43. The van der Waals surface area contributed by atoms with E-state index in [0.717, 1.165) is 0 Å². The van der Waals surface area contributed by atoms with Crippen molar-refractivity contribution in [2.75, 3.05) is 25.6 Å². The van der Waals surface area contributed by atoms with E-state index in [2.05, 4.69) is 21.2 Å². The summed E-state index contributed by atoms with van der Waals surface area (Å²) < 4.78 is 5.95. The van der Waals surface area contributed by atoms with Gasteiger partial charge in [0.05, 0.1) is 12.1 Å². The Hall–Kier alpha value is -1.11. The van der Waals surface area contributed by atoms with Crippen molar-refractivity contribution >= 4 is 27.5 Å². The number of nitrogens with one attached hydrogen (secondary N) is 1. The van der Waals surface area contributed by atoms with Crippen LogP contribution in [0.5, 0.6) is 0 Å². The molecule has 1 aliphatic rings. The number of ether oxygens (including phenoxy) is 1. The van der Waals surface area contributed by atoms with Gasteiger partial charge in [-0.05, 0) is 47.0 Å². The number of anilines is 1. The van der Waals surface area contributed by atoms with Gasteiger partial charge in [-0.25, -0.2) is 0 Å². The van der Waals surface area contributed by atoms with Crippen molar-refractivity contribution in [3.63, 3.8) is 0 Å². The smallest absolute Gasteiger partial charge is 0.251 e. The molecule has 0 unspecified atom stereocenters. The molecule has 5 nitrogen and oxygen atoms in total. The average molecular weight is 329 g/mol. The molecule has 0 atom stereocenters. The number of benzene rings is 1. The Labute approximate surface area is 120 Å². The fraction of sp³-hybridized carbons (Fsp3) is 0.462. The van der Waals surface area contributed by atoms with E-state index in [-0.39, 0.29) is 12.5 Å². The molecule has 0 saturated carbocycles. The Morgan fingerprint density at radius 3 is 2.74 bits per heavy atom. The van der Waals surface area contributed by atoms with Gasteiger partial charge in [0.2, 0.25) is 0 Å². The van der Waals surface area contributed by atoms with Crippen LogP contribution in [0.15, 0.2) is 22.7 Å². The molecule has 0 radical (unpaired) electrons. The lowest BCUT2D eigenvalue weighted by Gasteiger charge is -2.36. The van der Waals surface area contributed by atoms with Crippen LogP contribution in [0.4, 0.5) is 5.69 Å². The Bertz CT molecular complexity index is 473. The van der Waals surface area contributed by atoms with E-state index in [0.29, 0.717) is 41.8 Å². The summed E-state index contributed by atoms with van der Waals surface area (Å²) in [5, 5.41) is 12.5. The van der Waals surface area contributed by atoms with Crippen LogP contribution in [-0.2, 0) is 4.74 Å². The van der Waals surface area contributed by atoms with Crippen molar-refractivity contribution < 1.29 is 14.6 Å². The summed E-state index contributed by atoms with van der Waals surface area (Å²) in [5.41, 5.74) is 6.21. The third kappa shape index (κ3) is 3.26. The molecule has 1 amide bonds. The minimum atomic E-state index is -0.580. The molecule has 1 aromatic rings. The van der Waals surface area contributed by atoms with Crippen molar-refractivity contribution in [1.82, 2.24) is 5.32 Å². The topological polar surface area (TPSA) is 84.6 Å². The molecular formula is C13H17BrN2O3. The van der Waals surface area contributed by atoms with E-state index in [4.69, 9.17) is 10.5 Å². The molecule has 0 bridgehead atoms. The van der Waals surface area contributed by atoms with Gasteiger partial charge in [-0.1, -0.05) is 0 Å². The second kappa shape index (κ2) is 5.90. The van der Waals surface area contributed by atoms with Gasteiger partial charge in [0.1, 0.15) is 0 Å². The molecule has 6 heteroatoms. The number of carbonyl (C=O) groups is 1. The van der Waals surface area contributed by atoms with Crippen LogP contribution in [0.25, 0.3) is 0 Å². The van der Waals surface area contributed by atoms with E-state index in [9.17, 15) is 9.90 Å². The van der Waals surface area contributed by atoms with Gasteiger partial charge in [0, 0.05) is 28.9 Å². The largest absolute Gasteiger partial charge is 0.398 e. The second-order valence-corrected chi connectivity index (χ2v) is 5.60. The third-order valence-corrected chi connectivity index (χ3v) is 4.08. The molecular weight excluding hydrogens is 312 g/mol. The van der Waals surface area contributed by atoms with Gasteiger partial charge in [0.25, 0.3) is 5.91 Å². The number of hydrogen-bond acceptors (Lipinski definition) is 4. The summed E-state index contributed by atoms with van der Waals surface area (Å²) in [6.07, 6.45) is 1.23. The van der Waals surface area contributed by atoms with Crippen LogP contribution in [0.3, 0.4) is 0 Å². The molecule has 0 aromatic heterocycles. The van der Waals surface area contributed by atoms with E-state index < -0.39 is 5.54 Å². The molecule has 2 rings (SSSR count). The summed E-state index contributed by atoms with van der Waals surface area (Å²) in [6.45, 7) is 1.01. The number of aliphatic hydroxyl groups excluding tert-OH is 1. The van der Waals surface area contributed by atoms with Gasteiger partial charge in [0.15, 0.2) is 0 Å². The number of carbonyl (C=O) groups excluding carboxylic acids is 1. The molecule has 1 aromatic carbocycles. The van der Waals surface area contributed by atoms with Gasteiger partial charge >= 0.3 is 0 Å². The minimum absolute atomic E-state index is 0.0851. The maximum atomic E-state index is 12.2. The van der Waals surface area contributed by atoms with Crippen LogP contribution in [0.1, 0.15) is 23.2 Å². The molecule has 1 saturated heterocycles. The summed E-state index contributed by atoms with van der Waals surface area (Å²) >= 11 is 3.30. The van der Waals surface area contributed by atoms with E-state index in [1.165, 1.54) is 0 Å². The highest BCUT2D eigenvalue weighted by Crippen LogP contribution is 2.23. The van der Waals surface area contributed by atoms with Crippen molar-refractivity contribution in [3.8, 4) is 0 Å². The standard InChI is InChI=1S/C13H17BrN2O3/c14-10-7-9(1-2-11(10)15)12(18)16-13(8-17)3-5-19-6-4-13/h1-2,7,17H,3-6,8,15H2,(H,16,18). The predicted octanol–water partition coefficient (Wildman–Crippen LogP) is 1.30. The SMILES string of the molecule is Nc1ccc(C(=O)NC2(CO)CCOCC2)cc1Br. The lowest BCUT2D eigenvalue weighted by Crippen LogP contribution is -2.54. The van der Waals surface area contributed by atoms with Gasteiger partial charge < -0.3 is 20.9 Å². The van der Waals surface area contributed by atoms with Crippen LogP contribution in [0, 0.1) is 0 Å². The number of nitrogen functional groups attached to an aromatic ring is 1. The number of amides is 1. The zero-order chi connectivity index (χ0) is 13.9. The molecule has 19 heavy (non-hydrogen) atoms. The lowest BCUT2D eigenvalue weighted by atomic mass is 9.90. The summed E-state index contributed by atoms with van der Waals surface area (Å²) in [6, 6.07) is 5.02. The zero-order valence-electron chi connectivity index (χ0n) is 10.5. The van der Waals surface area contributed by atoms with E-state index in [1.54, 1.807) is 18.2 Å². The Morgan fingerprint density at radius 2 is 2.16 bits per heavy atom. The Morgan fingerprint density at radius 1 is 1.47 bits per heavy atom. The molecule has 0 aliphatic carbocycles. The second-order valence-electron chi connectivity index (χ2n) is 4.74. The highest BCUT2D eigenvalue weighted by Gasteiger charge is 2.33. The van der Waals surface area contributed by atoms with Crippen molar-refractivity contribution in [2.45, 2.75) is 18.4 Å². The number of nitrogens with two attached hydrogens (primary N) is 1. The fourth-order valence-corrected chi connectivity index (χ4v) is 2.44. The molecule has 0 spiro atoms. The monoisotopic (exact) mass is 328 g/mol. The first kappa shape index (κ1) is 14.3. The van der Waals surface area contributed by atoms with Crippen LogP contribution in [0.2, 0.25) is 0 Å². The lowest BCUT2D eigenvalue weighted by molar-refractivity contribution is 0.0125. The highest BCUT2D eigenvalue weighted by molar-refractivity contribution is 9.10. The molecule has 1 aliphatic heterocycles. The van der Waals surface area contributed by atoms with E-state index >= 15 is 0 Å². The number of rotatable bonds is 3. The summed E-state index contributed by atoms with van der Waals surface area (Å²) in [4.78, 5) is 12.2. The normalized spacial score (nSPS) is 18.0. The molecule has 104 valence electrons. The first-order valence-corrected chi connectivity index (χ1v) is 6.92. The Balaban J connectivity index is 2.12. The maximum absolute atomic E-state index is 12.2. The highest BCUT2D eigenvalue weighted by atomic mass is 79.9. The van der Waals surface area contributed by atoms with Crippen molar-refractivity contribution in [2.24, 2.45) is 0 Å². The van der Waals surface area contributed by atoms with Crippen molar-refractivity contribution in [3.05, 3.63) is 28.2 Å². The molecule has 1 heterocycles. The maximum Gasteiger partial charge on any atom is 0.251 e. The first-order chi connectivity index (χ1) is 9.06. The minimum Gasteiger partial charge on any atom is -0.398 e. The zero-order valence-corrected chi connectivity index (χ0v) is 12.1. The van der Waals surface area contributed by atoms with Crippen molar-refractivity contribution in [1.29, 1.82) is 0 Å². The van der Waals surface area contributed by atoms with Gasteiger partial charge in [-0.3, -0.25) is 4.79 Å². The predicted molar refractivity (Wildman–Crippen MR) is 75.9 cm³/mol. The third-order valence-electron chi connectivity index (χ3n) is 3.39. The number of aliphatic hydroxyl groups is 1. The number of hydrogen-bond donors (Lipinski definition) is 3. The van der Waals surface area contributed by atoms with Crippen LogP contribution < -0.4 is 11.1 Å². The molecule has 4 N–H and O–H groups in total. The van der Waals surface area contributed by atoms with Gasteiger partial charge in [-0.2, -0.15) is 0 Å².